The summed E-state index contributed by atoms with van der Waals surface area (Å²) in [6.45, 7) is 2.61. The molecular weight excluding hydrogens is 287 g/mol. The van der Waals surface area contributed by atoms with Crippen molar-refractivity contribution in [3.05, 3.63) is 35.6 Å². The monoisotopic (exact) mass is 308 g/mol. The second-order valence-electron chi connectivity index (χ2n) is 5.59. The zero-order valence-corrected chi connectivity index (χ0v) is 12.9. The van der Waals surface area contributed by atoms with Crippen LogP contribution in [0.4, 0.5) is 4.39 Å². The van der Waals surface area contributed by atoms with Gasteiger partial charge in [0.25, 0.3) is 0 Å². The minimum Gasteiger partial charge on any atom is -0.383 e. The highest BCUT2D eigenvalue weighted by Crippen LogP contribution is 2.32. The topological polar surface area (TPSA) is 58.6 Å². The molecule has 1 fully saturated rings. The van der Waals surface area contributed by atoms with Crippen molar-refractivity contribution in [3.63, 3.8) is 0 Å². The fourth-order valence-electron chi connectivity index (χ4n) is 2.65. The molecule has 22 heavy (non-hydrogen) atoms. The molecule has 5 nitrogen and oxygen atoms in total. The fourth-order valence-corrected chi connectivity index (χ4v) is 2.65. The van der Waals surface area contributed by atoms with E-state index in [4.69, 9.17) is 4.74 Å². The van der Waals surface area contributed by atoms with Gasteiger partial charge >= 0.3 is 0 Å². The molecule has 1 aromatic carbocycles. The minimum atomic E-state index is -0.951. The normalized spacial score (nSPS) is 21.2. The summed E-state index contributed by atoms with van der Waals surface area (Å²) in [7, 11) is 1.55. The van der Waals surface area contributed by atoms with Crippen LogP contribution in [0.1, 0.15) is 25.3 Å². The number of nitrogens with zero attached hydrogens (tertiary/aromatic N) is 1. The van der Waals surface area contributed by atoms with E-state index in [1.54, 1.807) is 32.2 Å². The first-order valence-electron chi connectivity index (χ1n) is 7.30. The molecule has 0 aliphatic carbocycles. The van der Waals surface area contributed by atoms with E-state index in [1.165, 1.54) is 11.0 Å². The molecule has 1 heterocycles. The van der Waals surface area contributed by atoms with E-state index in [0.29, 0.717) is 31.6 Å². The Hall–Kier alpha value is -1.95. The van der Waals surface area contributed by atoms with Crippen molar-refractivity contribution in [2.24, 2.45) is 0 Å². The number of carbonyl (C=O) groups excluding carboxylic acids is 2. The van der Waals surface area contributed by atoms with Crippen LogP contribution in [0.3, 0.4) is 0 Å². The van der Waals surface area contributed by atoms with Gasteiger partial charge in [0.15, 0.2) is 0 Å². The standard InChI is InChI=1S/C16H21FN2O3/c1-16(15(21)18-9-10-22-2)8-7-14(20)19(16)11-12-5-3-4-6-13(12)17/h3-6H,7-11H2,1-2H3,(H,18,21)/t16-/m1/s1. The molecule has 0 radical (unpaired) electrons. The van der Waals surface area contributed by atoms with E-state index < -0.39 is 5.54 Å². The van der Waals surface area contributed by atoms with Crippen molar-refractivity contribution in [2.75, 3.05) is 20.3 Å². The Balaban J connectivity index is 2.14. The highest BCUT2D eigenvalue weighted by Gasteiger charge is 2.47. The van der Waals surface area contributed by atoms with Crippen LogP contribution in [-0.4, -0.2) is 42.5 Å². The number of carbonyl (C=O) groups is 2. The van der Waals surface area contributed by atoms with Crippen LogP contribution in [0.5, 0.6) is 0 Å². The Morgan fingerprint density at radius 2 is 2.18 bits per heavy atom. The SMILES string of the molecule is COCCNC(=O)[C@@]1(C)CCC(=O)N1Cc1ccccc1F. The Morgan fingerprint density at radius 3 is 2.86 bits per heavy atom. The molecule has 2 rings (SSSR count). The van der Waals surface area contributed by atoms with Crippen LogP contribution in [0, 0.1) is 5.82 Å². The van der Waals surface area contributed by atoms with Gasteiger partial charge in [0.1, 0.15) is 11.4 Å². The minimum absolute atomic E-state index is 0.0969. The highest BCUT2D eigenvalue weighted by molar-refractivity contribution is 5.94. The van der Waals surface area contributed by atoms with E-state index in [1.807, 2.05) is 0 Å². The summed E-state index contributed by atoms with van der Waals surface area (Å²) in [5.74, 6) is -0.733. The lowest BCUT2D eigenvalue weighted by molar-refractivity contribution is -0.141. The van der Waals surface area contributed by atoms with Gasteiger partial charge in [-0.2, -0.15) is 0 Å². The fraction of sp³-hybridized carbons (Fsp3) is 0.500. The number of hydrogen-bond acceptors (Lipinski definition) is 3. The van der Waals surface area contributed by atoms with Crippen molar-refractivity contribution in [2.45, 2.75) is 31.8 Å². The van der Waals surface area contributed by atoms with E-state index in [2.05, 4.69) is 5.32 Å². The first-order chi connectivity index (χ1) is 10.5. The van der Waals surface area contributed by atoms with Crippen LogP contribution in [0.25, 0.3) is 0 Å². The molecule has 1 saturated heterocycles. The van der Waals surface area contributed by atoms with Crippen LogP contribution in [0.2, 0.25) is 0 Å². The molecule has 1 aromatic rings. The van der Waals surface area contributed by atoms with Gasteiger partial charge < -0.3 is 15.0 Å². The van der Waals surface area contributed by atoms with Crippen LogP contribution in [0.15, 0.2) is 24.3 Å². The third-order valence-corrected chi connectivity index (χ3v) is 4.09. The zero-order valence-electron chi connectivity index (χ0n) is 12.9. The maximum absolute atomic E-state index is 13.8. The lowest BCUT2D eigenvalue weighted by Gasteiger charge is -2.34. The molecule has 0 saturated carbocycles. The second-order valence-corrected chi connectivity index (χ2v) is 5.59. The quantitative estimate of drug-likeness (QED) is 0.810. The van der Waals surface area contributed by atoms with Crippen LogP contribution >= 0.6 is 0 Å². The lowest BCUT2D eigenvalue weighted by Crippen LogP contribution is -2.54. The summed E-state index contributed by atoms with van der Waals surface area (Å²) >= 11 is 0. The average Bonchev–Trinajstić information content (AvgIpc) is 2.79. The number of benzene rings is 1. The predicted molar refractivity (Wildman–Crippen MR) is 79.5 cm³/mol. The molecule has 0 aromatic heterocycles. The Kier molecular flexibility index (Phi) is 5.13. The van der Waals surface area contributed by atoms with Gasteiger partial charge in [0.2, 0.25) is 11.8 Å². The second kappa shape index (κ2) is 6.87. The van der Waals surface area contributed by atoms with E-state index in [9.17, 15) is 14.0 Å². The van der Waals surface area contributed by atoms with Crippen molar-refractivity contribution in [3.8, 4) is 0 Å². The molecule has 120 valence electrons. The third kappa shape index (κ3) is 3.27. The summed E-state index contributed by atoms with van der Waals surface area (Å²) in [6, 6.07) is 6.30. The summed E-state index contributed by atoms with van der Waals surface area (Å²) < 4.78 is 18.7. The molecular formula is C16H21FN2O3. The largest absolute Gasteiger partial charge is 0.383 e. The third-order valence-electron chi connectivity index (χ3n) is 4.09. The van der Waals surface area contributed by atoms with Gasteiger partial charge in [-0.1, -0.05) is 18.2 Å². The molecule has 1 N–H and O–H groups in total. The van der Waals surface area contributed by atoms with Crippen molar-refractivity contribution in [1.82, 2.24) is 10.2 Å². The molecule has 6 heteroatoms. The number of likely N-dealkylation sites (tertiary alicyclic amines) is 1. The van der Waals surface area contributed by atoms with Crippen LogP contribution in [-0.2, 0) is 20.9 Å². The summed E-state index contributed by atoms with van der Waals surface area (Å²) in [4.78, 5) is 26.0. The molecule has 0 unspecified atom stereocenters. The van der Waals surface area contributed by atoms with Crippen molar-refractivity contribution in [1.29, 1.82) is 0 Å². The maximum atomic E-state index is 13.8. The lowest BCUT2D eigenvalue weighted by atomic mass is 9.97. The van der Waals surface area contributed by atoms with Crippen molar-refractivity contribution < 1.29 is 18.7 Å². The molecule has 1 aliphatic heterocycles. The number of hydrogen-bond donors (Lipinski definition) is 1. The van der Waals surface area contributed by atoms with E-state index >= 15 is 0 Å². The van der Waals surface area contributed by atoms with E-state index in [-0.39, 0.29) is 24.2 Å². The van der Waals surface area contributed by atoms with Crippen molar-refractivity contribution >= 4 is 11.8 Å². The number of nitrogens with one attached hydrogen (secondary N) is 1. The van der Waals surface area contributed by atoms with Gasteiger partial charge in [-0.05, 0) is 19.4 Å². The molecule has 1 aliphatic rings. The van der Waals surface area contributed by atoms with Crippen LogP contribution < -0.4 is 5.32 Å². The zero-order chi connectivity index (χ0) is 16.2. The summed E-state index contributed by atoms with van der Waals surface area (Å²) in [5, 5.41) is 2.77. The van der Waals surface area contributed by atoms with Gasteiger partial charge in [0, 0.05) is 32.2 Å². The van der Waals surface area contributed by atoms with Gasteiger partial charge in [-0.3, -0.25) is 9.59 Å². The number of methoxy groups -OCH3 is 1. The average molecular weight is 308 g/mol. The summed E-state index contributed by atoms with van der Waals surface area (Å²) in [5.41, 5.74) is -0.540. The smallest absolute Gasteiger partial charge is 0.245 e. The predicted octanol–water partition coefficient (Wildman–Crippen LogP) is 1.47. The number of amides is 2. The maximum Gasteiger partial charge on any atom is 0.245 e. The number of halogens is 1. The summed E-state index contributed by atoms with van der Waals surface area (Å²) in [6.07, 6.45) is 0.724. The van der Waals surface area contributed by atoms with E-state index in [0.717, 1.165) is 0 Å². The number of ether oxygens (including phenoxy) is 1. The Bertz CT molecular complexity index is 564. The highest BCUT2D eigenvalue weighted by atomic mass is 19.1. The first kappa shape index (κ1) is 16.4. The Labute approximate surface area is 129 Å². The van der Waals surface area contributed by atoms with Gasteiger partial charge in [-0.25, -0.2) is 4.39 Å². The first-order valence-corrected chi connectivity index (χ1v) is 7.30. The molecule has 0 bridgehead atoms. The molecule has 2 amide bonds. The Morgan fingerprint density at radius 1 is 1.45 bits per heavy atom. The van der Waals surface area contributed by atoms with Gasteiger partial charge in [-0.15, -0.1) is 0 Å². The number of rotatable bonds is 6. The van der Waals surface area contributed by atoms with Gasteiger partial charge in [0.05, 0.1) is 6.61 Å². The molecule has 1 atom stereocenters. The molecule has 0 spiro atoms.